The fraction of sp³-hybridized carbons (Fsp3) is 0.391. The molecule has 0 unspecified atom stereocenters. The van der Waals surface area contributed by atoms with Crippen molar-refractivity contribution in [3.63, 3.8) is 0 Å². The Morgan fingerprint density at radius 3 is 2.24 bits per heavy atom. The molecule has 0 amide bonds. The van der Waals surface area contributed by atoms with E-state index in [-0.39, 0.29) is 6.79 Å². The fourth-order valence-electron chi connectivity index (χ4n) is 2.83. The van der Waals surface area contributed by atoms with Gasteiger partial charge in [0, 0.05) is 0 Å². The lowest BCUT2D eigenvalue weighted by molar-refractivity contribution is -0.138. The lowest BCUT2D eigenvalue weighted by atomic mass is 9.91. The zero-order valence-electron chi connectivity index (χ0n) is 17.5. The summed E-state index contributed by atoms with van der Waals surface area (Å²) in [6.07, 6.45) is 0.295. The summed E-state index contributed by atoms with van der Waals surface area (Å²) in [4.78, 5) is 23.9. The Balaban J connectivity index is 0.00000145. The van der Waals surface area contributed by atoms with Crippen LogP contribution in [0.4, 0.5) is 0 Å². The van der Waals surface area contributed by atoms with Crippen molar-refractivity contribution in [2.24, 2.45) is 0 Å². The minimum absolute atomic E-state index is 0.142. The Bertz CT molecular complexity index is 849. The van der Waals surface area contributed by atoms with Crippen molar-refractivity contribution in [1.29, 1.82) is 0 Å². The fourth-order valence-corrected chi connectivity index (χ4v) is 2.83. The lowest BCUT2D eigenvalue weighted by Gasteiger charge is -2.19. The van der Waals surface area contributed by atoms with Crippen molar-refractivity contribution in [2.75, 3.05) is 6.79 Å². The molecule has 2 aromatic carbocycles. The number of esters is 1. The molecule has 29 heavy (non-hydrogen) atoms. The molecule has 1 N–H and O–H groups in total. The molecule has 6 heteroatoms. The molecule has 156 valence electrons. The monoisotopic (exact) mass is 400 g/mol. The third kappa shape index (κ3) is 5.98. The van der Waals surface area contributed by atoms with E-state index in [0.29, 0.717) is 29.0 Å². The summed E-state index contributed by atoms with van der Waals surface area (Å²) in [7, 11) is 0. The average Bonchev–Trinajstić information content (AvgIpc) is 3.14. The Morgan fingerprint density at radius 2 is 1.66 bits per heavy atom. The highest BCUT2D eigenvalue weighted by molar-refractivity contribution is 5.89. The molecule has 0 radical (unpaired) electrons. The first-order chi connectivity index (χ1) is 13.7. The van der Waals surface area contributed by atoms with E-state index >= 15 is 0 Å². The Labute approximate surface area is 171 Å². The molecule has 1 aliphatic rings. The number of rotatable bonds is 5. The molecule has 0 saturated heterocycles. The summed E-state index contributed by atoms with van der Waals surface area (Å²) in [5, 5.41) is 9.66. The third-order valence-corrected chi connectivity index (χ3v) is 4.13. The van der Waals surface area contributed by atoms with Crippen molar-refractivity contribution >= 4 is 11.9 Å². The molecule has 3 rings (SSSR count). The van der Waals surface area contributed by atoms with E-state index in [1.807, 2.05) is 34.6 Å². The van der Waals surface area contributed by atoms with Gasteiger partial charge in [-0.05, 0) is 62.6 Å². The molecule has 6 nitrogen and oxygen atoms in total. The first-order valence-electron chi connectivity index (χ1n) is 9.67. The highest BCUT2D eigenvalue weighted by atomic mass is 16.7. The van der Waals surface area contributed by atoms with Gasteiger partial charge >= 0.3 is 11.9 Å². The molecule has 0 aliphatic carbocycles. The summed E-state index contributed by atoms with van der Waals surface area (Å²) >= 11 is 0. The Hall–Kier alpha value is -3.02. The Kier molecular flexibility index (Phi) is 7.26. The number of carbonyl (C=O) groups excluding carboxylic acids is 1. The molecule has 0 spiro atoms. The van der Waals surface area contributed by atoms with Crippen LogP contribution in [0.15, 0.2) is 42.5 Å². The van der Waals surface area contributed by atoms with E-state index in [1.165, 1.54) is 0 Å². The first kappa shape index (κ1) is 22.3. The maximum atomic E-state index is 12.1. The van der Waals surface area contributed by atoms with Crippen molar-refractivity contribution in [3.8, 4) is 11.5 Å². The number of hydrogen-bond donors (Lipinski definition) is 1. The van der Waals surface area contributed by atoms with E-state index in [4.69, 9.17) is 14.2 Å². The number of carboxylic acids is 1. The molecule has 1 atom stereocenters. The second-order valence-electron chi connectivity index (χ2n) is 7.41. The molecule has 1 aliphatic heterocycles. The molecular weight excluding hydrogens is 372 g/mol. The van der Waals surface area contributed by atoms with Crippen LogP contribution in [0.2, 0.25) is 0 Å². The van der Waals surface area contributed by atoms with Crippen LogP contribution in [0, 0.1) is 0 Å². The minimum atomic E-state index is -0.926. The van der Waals surface area contributed by atoms with Gasteiger partial charge in [-0.2, -0.15) is 0 Å². The largest absolute Gasteiger partial charge is 0.481 e. The van der Waals surface area contributed by atoms with Gasteiger partial charge < -0.3 is 19.3 Å². The maximum Gasteiger partial charge on any atom is 0.338 e. The van der Waals surface area contributed by atoms with E-state index in [1.54, 1.807) is 42.5 Å². The standard InChI is InChI=1S/C21H22O6.C2H6/c1-21(2,3)27-20(24)14-6-4-13(5-7-14)10-16(19(22)23)15-8-9-17-18(11-15)26-12-25-17;1-2/h4-9,11,16H,10,12H2,1-3H3,(H,22,23);1-2H3/t16-;/m1./s1. The van der Waals surface area contributed by atoms with Gasteiger partial charge in [0.1, 0.15) is 5.60 Å². The van der Waals surface area contributed by atoms with Crippen LogP contribution in [0.5, 0.6) is 11.5 Å². The Morgan fingerprint density at radius 1 is 1.03 bits per heavy atom. The summed E-state index contributed by atoms with van der Waals surface area (Å²) in [6.45, 7) is 9.56. The second kappa shape index (κ2) is 9.45. The predicted octanol–water partition coefficient (Wildman–Crippen LogP) is 4.81. The zero-order chi connectivity index (χ0) is 21.6. The SMILES string of the molecule is CC.CC(C)(C)OC(=O)c1ccc(C[C@@H](C(=O)O)c2ccc3c(c2)OCO3)cc1. The highest BCUT2D eigenvalue weighted by Gasteiger charge is 2.24. The van der Waals surface area contributed by atoms with E-state index in [0.717, 1.165) is 5.56 Å². The third-order valence-electron chi connectivity index (χ3n) is 4.13. The normalized spacial score (nSPS) is 13.1. The van der Waals surface area contributed by atoms with Crippen LogP contribution in [0.1, 0.15) is 62.0 Å². The van der Waals surface area contributed by atoms with Gasteiger partial charge in [0.25, 0.3) is 0 Å². The number of fused-ring (bicyclic) bond motifs is 1. The van der Waals surface area contributed by atoms with Gasteiger partial charge in [0.15, 0.2) is 11.5 Å². The van der Waals surface area contributed by atoms with Gasteiger partial charge in [-0.1, -0.05) is 32.0 Å². The van der Waals surface area contributed by atoms with Gasteiger partial charge in [-0.25, -0.2) is 4.79 Å². The number of aliphatic carboxylic acids is 1. The molecule has 2 aromatic rings. The summed E-state index contributed by atoms with van der Waals surface area (Å²) in [5.74, 6) is -0.889. The van der Waals surface area contributed by atoms with Gasteiger partial charge in [0.2, 0.25) is 6.79 Å². The smallest absolute Gasteiger partial charge is 0.338 e. The van der Waals surface area contributed by atoms with Crippen LogP contribution in [-0.4, -0.2) is 29.4 Å². The maximum absolute atomic E-state index is 12.1. The van der Waals surface area contributed by atoms with Crippen molar-refractivity contribution in [2.45, 2.75) is 52.6 Å². The lowest BCUT2D eigenvalue weighted by Crippen LogP contribution is -2.23. The summed E-state index contributed by atoms with van der Waals surface area (Å²) in [6, 6.07) is 12.0. The number of carbonyl (C=O) groups is 2. The van der Waals surface area contributed by atoms with Crippen LogP contribution in [-0.2, 0) is 16.0 Å². The molecule has 0 fully saturated rings. The topological polar surface area (TPSA) is 82.1 Å². The molecular formula is C23H28O6. The highest BCUT2D eigenvalue weighted by Crippen LogP contribution is 2.35. The van der Waals surface area contributed by atoms with Gasteiger partial charge in [-0.3, -0.25) is 4.79 Å². The quantitative estimate of drug-likeness (QED) is 0.726. The van der Waals surface area contributed by atoms with E-state index < -0.39 is 23.5 Å². The van der Waals surface area contributed by atoms with Gasteiger partial charge in [0.05, 0.1) is 11.5 Å². The first-order valence-corrected chi connectivity index (χ1v) is 9.67. The molecule has 1 heterocycles. The summed E-state index contributed by atoms with van der Waals surface area (Å²) < 4.78 is 15.9. The summed E-state index contributed by atoms with van der Waals surface area (Å²) in [5.41, 5.74) is 1.32. The molecule has 0 aromatic heterocycles. The second-order valence-corrected chi connectivity index (χ2v) is 7.41. The predicted molar refractivity (Wildman–Crippen MR) is 110 cm³/mol. The molecule has 0 bridgehead atoms. The number of benzene rings is 2. The molecule has 0 saturated carbocycles. The van der Waals surface area contributed by atoms with E-state index in [2.05, 4.69) is 0 Å². The number of hydrogen-bond acceptors (Lipinski definition) is 5. The van der Waals surface area contributed by atoms with E-state index in [9.17, 15) is 14.7 Å². The number of ether oxygens (including phenoxy) is 3. The van der Waals surface area contributed by atoms with Crippen LogP contribution in [0.25, 0.3) is 0 Å². The zero-order valence-corrected chi connectivity index (χ0v) is 17.5. The van der Waals surface area contributed by atoms with Crippen LogP contribution in [0.3, 0.4) is 0 Å². The van der Waals surface area contributed by atoms with Crippen LogP contribution < -0.4 is 9.47 Å². The number of carboxylic acid groups (broad SMARTS) is 1. The van der Waals surface area contributed by atoms with Crippen LogP contribution >= 0.6 is 0 Å². The van der Waals surface area contributed by atoms with Crippen molar-refractivity contribution < 1.29 is 28.9 Å². The average molecular weight is 400 g/mol. The minimum Gasteiger partial charge on any atom is -0.481 e. The van der Waals surface area contributed by atoms with Crippen molar-refractivity contribution in [3.05, 3.63) is 59.2 Å². The van der Waals surface area contributed by atoms with Gasteiger partial charge in [-0.15, -0.1) is 0 Å². The van der Waals surface area contributed by atoms with Crippen molar-refractivity contribution in [1.82, 2.24) is 0 Å².